The number of pyridine rings is 4. The van der Waals surface area contributed by atoms with Crippen molar-refractivity contribution in [2.45, 2.75) is 36.9 Å². The SMILES string of the molecule is COC(=O)c1ncccc1CS(=O)(=O)Cc1cnc(Cl)cc1C.COC(=O)c1ncccc1CSCc1cnc(Cl)cc1C. The lowest BCUT2D eigenvalue weighted by molar-refractivity contribution is 0.0584. The summed E-state index contributed by atoms with van der Waals surface area (Å²) in [5, 5.41) is 0.811. The van der Waals surface area contributed by atoms with E-state index in [1.54, 1.807) is 49.3 Å². The number of halogens is 2. The van der Waals surface area contributed by atoms with Crippen LogP contribution in [0.4, 0.5) is 0 Å². The van der Waals surface area contributed by atoms with Gasteiger partial charge >= 0.3 is 11.9 Å². The highest BCUT2D eigenvalue weighted by molar-refractivity contribution is 7.97. The van der Waals surface area contributed by atoms with E-state index in [4.69, 9.17) is 27.9 Å². The van der Waals surface area contributed by atoms with Crippen molar-refractivity contribution in [2.24, 2.45) is 0 Å². The number of nitrogens with zero attached hydrogens (tertiary/aromatic N) is 4. The third kappa shape index (κ3) is 10.3. The van der Waals surface area contributed by atoms with Crippen molar-refractivity contribution in [3.05, 3.63) is 116 Å². The molecule has 4 aromatic heterocycles. The van der Waals surface area contributed by atoms with Gasteiger partial charge in [-0.2, -0.15) is 11.8 Å². The largest absolute Gasteiger partial charge is 0.464 e. The van der Waals surface area contributed by atoms with Gasteiger partial charge in [-0.05, 0) is 65.9 Å². The molecule has 0 N–H and O–H groups in total. The Morgan fingerprint density at radius 1 is 0.727 bits per heavy atom. The molecular weight excluding hydrogens is 647 g/mol. The van der Waals surface area contributed by atoms with Crippen LogP contribution in [0.3, 0.4) is 0 Å². The molecule has 0 amide bonds. The van der Waals surface area contributed by atoms with Crippen LogP contribution in [0.25, 0.3) is 0 Å². The number of rotatable bonds is 10. The third-order valence-electron chi connectivity index (χ3n) is 6.18. The zero-order valence-electron chi connectivity index (χ0n) is 24.4. The van der Waals surface area contributed by atoms with Gasteiger partial charge in [0.05, 0.1) is 25.7 Å². The zero-order valence-corrected chi connectivity index (χ0v) is 27.6. The fraction of sp³-hybridized carbons (Fsp3) is 0.267. The Kier molecular flexibility index (Phi) is 13.1. The number of hydrogen-bond donors (Lipinski definition) is 0. The van der Waals surface area contributed by atoms with Gasteiger partial charge in [-0.1, -0.05) is 35.3 Å². The van der Waals surface area contributed by atoms with Crippen molar-refractivity contribution in [3.8, 4) is 0 Å². The summed E-state index contributed by atoms with van der Waals surface area (Å²) < 4.78 is 34.2. The van der Waals surface area contributed by atoms with Gasteiger partial charge in [-0.3, -0.25) is 0 Å². The molecule has 0 aromatic carbocycles. The molecule has 4 aromatic rings. The lowest BCUT2D eigenvalue weighted by Gasteiger charge is -2.09. The highest BCUT2D eigenvalue weighted by atomic mass is 35.5. The van der Waals surface area contributed by atoms with Gasteiger partial charge in [-0.15, -0.1) is 0 Å². The summed E-state index contributed by atoms with van der Waals surface area (Å²) in [5.41, 5.74) is 5.11. The second kappa shape index (κ2) is 16.5. The van der Waals surface area contributed by atoms with Gasteiger partial charge in [0, 0.05) is 41.9 Å². The molecule has 44 heavy (non-hydrogen) atoms. The molecule has 4 rings (SSSR count). The number of carbonyl (C=O) groups is 2. The van der Waals surface area contributed by atoms with E-state index in [1.165, 1.54) is 26.6 Å². The van der Waals surface area contributed by atoms with E-state index in [0.717, 1.165) is 28.0 Å². The molecule has 4 heterocycles. The molecule has 0 spiro atoms. The summed E-state index contributed by atoms with van der Waals surface area (Å²) in [6, 6.07) is 10.3. The molecule has 14 heteroatoms. The van der Waals surface area contributed by atoms with Gasteiger partial charge in [0.1, 0.15) is 10.3 Å². The minimum atomic E-state index is -3.52. The first-order valence-corrected chi connectivity index (χ1v) is 16.7. The number of esters is 2. The Morgan fingerprint density at radius 3 is 1.70 bits per heavy atom. The summed E-state index contributed by atoms with van der Waals surface area (Å²) in [5.74, 6) is -0.104. The van der Waals surface area contributed by atoms with Gasteiger partial charge in [0.15, 0.2) is 21.2 Å². The molecule has 0 atom stereocenters. The molecule has 0 fully saturated rings. The minimum Gasteiger partial charge on any atom is -0.464 e. The van der Waals surface area contributed by atoms with Crippen LogP contribution < -0.4 is 0 Å². The van der Waals surface area contributed by atoms with Crippen LogP contribution in [0, 0.1) is 13.8 Å². The van der Waals surface area contributed by atoms with E-state index in [1.807, 2.05) is 25.1 Å². The van der Waals surface area contributed by atoms with Crippen molar-refractivity contribution < 1.29 is 27.5 Å². The van der Waals surface area contributed by atoms with Crippen LogP contribution in [0.15, 0.2) is 61.2 Å². The molecule has 0 aliphatic heterocycles. The molecule has 0 radical (unpaired) electrons. The molecule has 0 saturated carbocycles. The van der Waals surface area contributed by atoms with Crippen molar-refractivity contribution in [1.29, 1.82) is 0 Å². The van der Waals surface area contributed by atoms with Crippen molar-refractivity contribution in [2.75, 3.05) is 14.2 Å². The topological polar surface area (TPSA) is 138 Å². The van der Waals surface area contributed by atoms with Crippen LogP contribution in [-0.2, 0) is 42.3 Å². The quantitative estimate of drug-likeness (QED) is 0.144. The first-order valence-electron chi connectivity index (χ1n) is 13.0. The van der Waals surface area contributed by atoms with E-state index in [2.05, 4.69) is 24.7 Å². The number of sulfone groups is 1. The van der Waals surface area contributed by atoms with E-state index in [9.17, 15) is 18.0 Å². The molecule has 0 bridgehead atoms. The van der Waals surface area contributed by atoms with Crippen molar-refractivity contribution in [1.82, 2.24) is 19.9 Å². The number of hydrogen-bond acceptors (Lipinski definition) is 11. The molecular formula is C30H30Cl2N4O6S2. The Morgan fingerprint density at radius 2 is 1.18 bits per heavy atom. The molecule has 0 aliphatic rings. The highest BCUT2D eigenvalue weighted by Gasteiger charge is 2.21. The van der Waals surface area contributed by atoms with Crippen LogP contribution in [0.5, 0.6) is 0 Å². The van der Waals surface area contributed by atoms with Crippen LogP contribution >= 0.6 is 35.0 Å². The molecule has 0 unspecified atom stereocenters. The maximum Gasteiger partial charge on any atom is 0.356 e. The highest BCUT2D eigenvalue weighted by Crippen LogP contribution is 2.23. The third-order valence-corrected chi connectivity index (χ3v) is 9.12. The monoisotopic (exact) mass is 676 g/mol. The molecule has 0 saturated heterocycles. The predicted octanol–water partition coefficient (Wildman–Crippen LogP) is 6.00. The Labute approximate surface area is 270 Å². The average molecular weight is 678 g/mol. The standard InChI is InChI=1S/C15H15ClN2O4S.C15H15ClN2O2S/c1-10-6-13(16)18-7-12(10)9-23(20,21)8-11-4-3-5-17-14(11)15(19)22-2;1-10-6-13(16)18-7-12(10)9-21-8-11-4-3-5-17-14(11)15(19)20-2/h3-7H,8-9H2,1-2H3;3-7H,8-9H2,1-2H3. The Balaban J connectivity index is 0.000000241. The van der Waals surface area contributed by atoms with Gasteiger partial charge in [-0.25, -0.2) is 37.9 Å². The fourth-order valence-electron chi connectivity index (χ4n) is 3.87. The summed E-state index contributed by atoms with van der Waals surface area (Å²) in [6.07, 6.45) is 6.23. The predicted molar refractivity (Wildman–Crippen MR) is 170 cm³/mol. The smallest absolute Gasteiger partial charge is 0.356 e. The van der Waals surface area contributed by atoms with Gasteiger partial charge < -0.3 is 9.47 Å². The number of thioether (sulfide) groups is 1. The number of ether oxygens (including phenoxy) is 2. The van der Waals surface area contributed by atoms with E-state index >= 15 is 0 Å². The summed E-state index contributed by atoms with van der Waals surface area (Å²) in [7, 11) is -0.940. The van der Waals surface area contributed by atoms with Crippen LogP contribution in [0.2, 0.25) is 10.3 Å². The number of aromatic nitrogens is 4. The van der Waals surface area contributed by atoms with Crippen LogP contribution in [-0.4, -0.2) is 54.5 Å². The molecule has 10 nitrogen and oxygen atoms in total. The first-order chi connectivity index (χ1) is 20.9. The summed E-state index contributed by atoms with van der Waals surface area (Å²) in [4.78, 5) is 39.3. The fourth-order valence-corrected chi connectivity index (χ4v) is 6.96. The number of aryl methyl sites for hydroxylation is 2. The zero-order chi connectivity index (χ0) is 32.3. The van der Waals surface area contributed by atoms with E-state index < -0.39 is 21.8 Å². The van der Waals surface area contributed by atoms with Gasteiger partial charge in [0.2, 0.25) is 0 Å². The Bertz CT molecular complexity index is 1740. The second-order valence-electron chi connectivity index (χ2n) is 9.40. The average Bonchev–Trinajstić information content (AvgIpc) is 2.99. The lowest BCUT2D eigenvalue weighted by atomic mass is 10.2. The lowest BCUT2D eigenvalue weighted by Crippen LogP contribution is -2.14. The Hall–Kier alpha value is -3.58. The molecule has 232 valence electrons. The van der Waals surface area contributed by atoms with Crippen molar-refractivity contribution >= 4 is 56.7 Å². The van der Waals surface area contributed by atoms with E-state index in [-0.39, 0.29) is 17.2 Å². The normalized spacial score (nSPS) is 10.9. The summed E-state index contributed by atoms with van der Waals surface area (Å²) >= 11 is 13.3. The number of methoxy groups -OCH3 is 2. The van der Waals surface area contributed by atoms with E-state index in [0.29, 0.717) is 32.9 Å². The maximum atomic E-state index is 12.4. The number of carbonyl (C=O) groups excluding carboxylic acids is 2. The maximum absolute atomic E-state index is 12.4. The van der Waals surface area contributed by atoms with Gasteiger partial charge in [0.25, 0.3) is 0 Å². The first kappa shape index (κ1) is 34.9. The summed E-state index contributed by atoms with van der Waals surface area (Å²) in [6.45, 7) is 3.77. The minimum absolute atomic E-state index is 0.00419. The van der Waals surface area contributed by atoms with Crippen molar-refractivity contribution in [3.63, 3.8) is 0 Å². The molecule has 0 aliphatic carbocycles. The second-order valence-corrected chi connectivity index (χ2v) is 13.2. The van der Waals surface area contributed by atoms with Crippen LogP contribution in [0.1, 0.15) is 54.4 Å².